The molecule has 0 spiro atoms. The van der Waals surface area contributed by atoms with Crippen LogP contribution >= 0.6 is 0 Å². The molecule has 1 aliphatic heterocycles. The van der Waals surface area contributed by atoms with Gasteiger partial charge in [-0.15, -0.1) is 0 Å². The summed E-state index contributed by atoms with van der Waals surface area (Å²) in [5, 5.41) is 7.20. The second kappa shape index (κ2) is 7.46. The third-order valence-electron chi connectivity index (χ3n) is 5.18. The highest BCUT2D eigenvalue weighted by molar-refractivity contribution is 5.99. The van der Waals surface area contributed by atoms with Gasteiger partial charge >= 0.3 is 0 Å². The molecule has 0 atom stereocenters. The minimum atomic E-state index is -0.0921. The first-order chi connectivity index (χ1) is 13.5. The lowest BCUT2D eigenvalue weighted by molar-refractivity contribution is -0.126. The van der Waals surface area contributed by atoms with E-state index in [1.54, 1.807) is 27.9 Å². The predicted octanol–water partition coefficient (Wildman–Crippen LogP) is 2.11. The number of likely N-dealkylation sites (tertiary alicyclic amines) is 1. The van der Waals surface area contributed by atoms with Crippen LogP contribution in [0.1, 0.15) is 40.3 Å². The molecule has 1 saturated heterocycles. The van der Waals surface area contributed by atoms with Gasteiger partial charge in [0.05, 0.1) is 19.0 Å². The van der Waals surface area contributed by atoms with Crippen LogP contribution in [0.4, 0.5) is 0 Å². The van der Waals surface area contributed by atoms with E-state index in [-0.39, 0.29) is 17.7 Å². The number of furan rings is 1. The van der Waals surface area contributed by atoms with Crippen LogP contribution in [0.2, 0.25) is 0 Å². The summed E-state index contributed by atoms with van der Waals surface area (Å²) >= 11 is 0. The average Bonchev–Trinajstić information content (AvgIpc) is 3.35. The minimum absolute atomic E-state index is 0.00685. The van der Waals surface area contributed by atoms with Gasteiger partial charge in [-0.05, 0) is 44.9 Å². The number of hydrogen-bond acceptors (Lipinski definition) is 5. The number of hydrogen-bond donors (Lipinski definition) is 1. The number of piperidine rings is 1. The van der Waals surface area contributed by atoms with E-state index in [1.807, 2.05) is 26.0 Å². The van der Waals surface area contributed by atoms with E-state index in [4.69, 9.17) is 4.42 Å². The van der Waals surface area contributed by atoms with Crippen molar-refractivity contribution < 1.29 is 14.0 Å². The molecule has 4 rings (SSSR count). The Morgan fingerprint density at radius 1 is 1.29 bits per heavy atom. The fourth-order valence-corrected chi connectivity index (χ4v) is 3.67. The summed E-state index contributed by atoms with van der Waals surface area (Å²) in [5.41, 5.74) is 2.88. The first-order valence-corrected chi connectivity index (χ1v) is 9.44. The van der Waals surface area contributed by atoms with E-state index in [2.05, 4.69) is 15.4 Å². The number of nitrogens with zero attached hydrogens (tertiary/aromatic N) is 4. The maximum absolute atomic E-state index is 13.0. The normalized spacial score (nSPS) is 15.1. The Balaban J connectivity index is 1.38. The van der Waals surface area contributed by atoms with Gasteiger partial charge in [0.15, 0.2) is 5.65 Å². The van der Waals surface area contributed by atoms with E-state index in [0.717, 1.165) is 17.1 Å². The molecule has 0 radical (unpaired) electrons. The second-order valence-corrected chi connectivity index (χ2v) is 7.20. The quantitative estimate of drug-likeness (QED) is 0.747. The van der Waals surface area contributed by atoms with Crippen molar-refractivity contribution in [2.24, 2.45) is 5.92 Å². The lowest BCUT2D eigenvalue weighted by Crippen LogP contribution is -2.42. The zero-order valence-electron chi connectivity index (χ0n) is 16.0. The first kappa shape index (κ1) is 18.2. The number of aryl methyl sites for hydroxylation is 2. The Morgan fingerprint density at radius 3 is 2.79 bits per heavy atom. The van der Waals surface area contributed by atoms with Gasteiger partial charge in [-0.25, -0.2) is 9.50 Å². The number of aromatic nitrogens is 3. The van der Waals surface area contributed by atoms with Crippen LogP contribution in [0.15, 0.2) is 35.1 Å². The number of rotatable bonds is 4. The van der Waals surface area contributed by atoms with Gasteiger partial charge in [-0.1, -0.05) is 0 Å². The molecule has 3 aromatic rings. The molecule has 0 aromatic carbocycles. The Labute approximate surface area is 162 Å². The Morgan fingerprint density at radius 2 is 2.07 bits per heavy atom. The van der Waals surface area contributed by atoms with Crippen LogP contribution in [-0.4, -0.2) is 44.4 Å². The highest BCUT2D eigenvalue weighted by Crippen LogP contribution is 2.21. The molecule has 2 amide bonds. The van der Waals surface area contributed by atoms with Crippen LogP contribution < -0.4 is 5.32 Å². The van der Waals surface area contributed by atoms with Crippen molar-refractivity contribution in [1.29, 1.82) is 0 Å². The Hall–Kier alpha value is -3.16. The van der Waals surface area contributed by atoms with Gasteiger partial charge in [0.1, 0.15) is 11.3 Å². The number of amides is 2. The van der Waals surface area contributed by atoms with Crippen molar-refractivity contribution in [2.45, 2.75) is 33.2 Å². The Kier molecular flexibility index (Phi) is 4.85. The first-order valence-electron chi connectivity index (χ1n) is 9.44. The smallest absolute Gasteiger partial charge is 0.259 e. The summed E-state index contributed by atoms with van der Waals surface area (Å²) in [6.07, 6.45) is 4.45. The third-order valence-corrected chi connectivity index (χ3v) is 5.18. The predicted molar refractivity (Wildman–Crippen MR) is 102 cm³/mol. The van der Waals surface area contributed by atoms with E-state index in [9.17, 15) is 9.59 Å². The maximum atomic E-state index is 13.0. The number of fused-ring (bicyclic) bond motifs is 1. The number of nitrogens with one attached hydrogen (secondary N) is 1. The fraction of sp³-hybridized carbons (Fsp3) is 0.400. The van der Waals surface area contributed by atoms with Crippen LogP contribution in [0.25, 0.3) is 5.65 Å². The molecule has 1 fully saturated rings. The minimum Gasteiger partial charge on any atom is -0.467 e. The molecule has 0 unspecified atom stereocenters. The molecule has 0 bridgehead atoms. The van der Waals surface area contributed by atoms with E-state index in [1.165, 1.54) is 0 Å². The van der Waals surface area contributed by atoms with Crippen LogP contribution in [0, 0.1) is 19.8 Å². The van der Waals surface area contributed by atoms with E-state index < -0.39 is 0 Å². The molecular weight excluding hydrogens is 358 g/mol. The summed E-state index contributed by atoms with van der Waals surface area (Å²) in [4.78, 5) is 31.6. The lowest BCUT2D eigenvalue weighted by Gasteiger charge is -2.31. The molecule has 28 heavy (non-hydrogen) atoms. The number of carbonyl (C=O) groups is 2. The standard InChI is InChI=1S/C20H23N5O3/c1-13-10-14(2)25-18(23-13)17(12-22-25)20(27)24-7-5-15(6-8-24)19(26)21-11-16-4-3-9-28-16/h3-4,9-10,12,15H,5-8,11H2,1-2H3,(H,21,26). The van der Waals surface area contributed by atoms with Crippen molar-refractivity contribution in [3.8, 4) is 0 Å². The zero-order valence-corrected chi connectivity index (χ0v) is 16.0. The molecule has 4 heterocycles. The molecule has 0 saturated carbocycles. The number of carbonyl (C=O) groups excluding carboxylic acids is 2. The van der Waals surface area contributed by atoms with Crippen molar-refractivity contribution in [3.63, 3.8) is 0 Å². The molecule has 146 valence electrons. The molecule has 1 aliphatic rings. The van der Waals surface area contributed by atoms with Gasteiger partial charge in [-0.3, -0.25) is 9.59 Å². The zero-order chi connectivity index (χ0) is 19.7. The summed E-state index contributed by atoms with van der Waals surface area (Å²) < 4.78 is 6.92. The summed E-state index contributed by atoms with van der Waals surface area (Å²) in [5.74, 6) is 0.562. The van der Waals surface area contributed by atoms with Crippen molar-refractivity contribution in [2.75, 3.05) is 13.1 Å². The van der Waals surface area contributed by atoms with Crippen LogP contribution in [-0.2, 0) is 11.3 Å². The third kappa shape index (κ3) is 3.49. The van der Waals surface area contributed by atoms with E-state index in [0.29, 0.717) is 43.7 Å². The molecule has 3 aromatic heterocycles. The topological polar surface area (TPSA) is 92.7 Å². The SMILES string of the molecule is Cc1cc(C)n2ncc(C(=O)N3CCC(C(=O)NCc4ccco4)CC3)c2n1. The van der Waals surface area contributed by atoms with Gasteiger partial charge in [0, 0.05) is 30.4 Å². The highest BCUT2D eigenvalue weighted by Gasteiger charge is 2.29. The maximum Gasteiger partial charge on any atom is 0.259 e. The van der Waals surface area contributed by atoms with Crippen molar-refractivity contribution in [3.05, 3.63) is 53.4 Å². The second-order valence-electron chi connectivity index (χ2n) is 7.20. The fourth-order valence-electron chi connectivity index (χ4n) is 3.67. The Bertz CT molecular complexity index is 1000. The molecule has 8 heteroatoms. The van der Waals surface area contributed by atoms with E-state index >= 15 is 0 Å². The molecule has 8 nitrogen and oxygen atoms in total. The summed E-state index contributed by atoms with van der Waals surface area (Å²) in [6.45, 7) is 5.31. The van der Waals surface area contributed by atoms with Crippen LogP contribution in [0.5, 0.6) is 0 Å². The van der Waals surface area contributed by atoms with Crippen LogP contribution in [0.3, 0.4) is 0 Å². The molecular formula is C20H23N5O3. The largest absolute Gasteiger partial charge is 0.467 e. The average molecular weight is 381 g/mol. The van der Waals surface area contributed by atoms with Crippen molar-refractivity contribution in [1.82, 2.24) is 24.8 Å². The lowest BCUT2D eigenvalue weighted by atomic mass is 9.95. The van der Waals surface area contributed by atoms with Crippen molar-refractivity contribution >= 4 is 17.5 Å². The molecule has 0 aliphatic carbocycles. The van der Waals surface area contributed by atoms with Gasteiger partial charge < -0.3 is 14.6 Å². The monoisotopic (exact) mass is 381 g/mol. The van der Waals surface area contributed by atoms with Gasteiger partial charge in [0.2, 0.25) is 5.91 Å². The summed E-state index contributed by atoms with van der Waals surface area (Å²) in [7, 11) is 0. The molecule has 1 N–H and O–H groups in total. The highest BCUT2D eigenvalue weighted by atomic mass is 16.3. The van der Waals surface area contributed by atoms with Gasteiger partial charge in [-0.2, -0.15) is 5.10 Å². The summed E-state index contributed by atoms with van der Waals surface area (Å²) in [6, 6.07) is 5.56. The van der Waals surface area contributed by atoms with Gasteiger partial charge in [0.25, 0.3) is 5.91 Å².